The SMILES string of the molecule is CCc1c(OC)ccc(C#N)c1CC(=O)O. The molecule has 0 aliphatic rings. The number of carbonyl (C=O) groups is 1. The Bertz CT molecular complexity index is 446. The summed E-state index contributed by atoms with van der Waals surface area (Å²) in [4.78, 5) is 10.8. The Kier molecular flexibility index (Phi) is 3.90. The lowest BCUT2D eigenvalue weighted by molar-refractivity contribution is -0.136. The maximum Gasteiger partial charge on any atom is 0.307 e. The van der Waals surface area contributed by atoms with Crippen molar-refractivity contribution in [2.24, 2.45) is 0 Å². The van der Waals surface area contributed by atoms with Crippen LogP contribution < -0.4 is 4.74 Å². The summed E-state index contributed by atoms with van der Waals surface area (Å²) in [6.45, 7) is 1.91. The predicted octanol–water partition coefficient (Wildman–Crippen LogP) is 1.76. The molecular weight excluding hydrogens is 206 g/mol. The fourth-order valence-corrected chi connectivity index (χ4v) is 1.71. The second kappa shape index (κ2) is 5.17. The van der Waals surface area contributed by atoms with Crippen LogP contribution in [0.4, 0.5) is 0 Å². The molecule has 4 nitrogen and oxygen atoms in total. The molecule has 4 heteroatoms. The van der Waals surface area contributed by atoms with Gasteiger partial charge < -0.3 is 9.84 Å². The Morgan fingerprint density at radius 2 is 2.19 bits per heavy atom. The highest BCUT2D eigenvalue weighted by molar-refractivity contribution is 5.72. The van der Waals surface area contributed by atoms with E-state index < -0.39 is 5.97 Å². The Balaban J connectivity index is 3.37. The summed E-state index contributed by atoms with van der Waals surface area (Å²) in [6, 6.07) is 5.30. The van der Waals surface area contributed by atoms with Gasteiger partial charge in [-0.3, -0.25) is 4.79 Å². The fourth-order valence-electron chi connectivity index (χ4n) is 1.71. The first kappa shape index (κ1) is 12.1. The molecule has 0 aliphatic heterocycles. The maximum atomic E-state index is 10.8. The molecule has 0 amide bonds. The molecule has 0 aliphatic carbocycles. The van der Waals surface area contributed by atoms with E-state index in [0.29, 0.717) is 23.3 Å². The van der Waals surface area contributed by atoms with Crippen molar-refractivity contribution in [2.45, 2.75) is 19.8 Å². The van der Waals surface area contributed by atoms with Crippen LogP contribution in [0.2, 0.25) is 0 Å². The lowest BCUT2D eigenvalue weighted by Crippen LogP contribution is -2.07. The minimum atomic E-state index is -0.945. The molecule has 0 aromatic heterocycles. The number of hydrogen-bond donors (Lipinski definition) is 1. The van der Waals surface area contributed by atoms with Crippen molar-refractivity contribution in [1.82, 2.24) is 0 Å². The average molecular weight is 219 g/mol. The van der Waals surface area contributed by atoms with Crippen molar-refractivity contribution >= 4 is 5.97 Å². The molecule has 0 saturated carbocycles. The molecule has 0 saturated heterocycles. The minimum Gasteiger partial charge on any atom is -0.496 e. The largest absolute Gasteiger partial charge is 0.496 e. The first-order valence-corrected chi connectivity index (χ1v) is 4.94. The van der Waals surface area contributed by atoms with Crippen LogP contribution in [-0.2, 0) is 17.6 Å². The van der Waals surface area contributed by atoms with Gasteiger partial charge in [0.15, 0.2) is 0 Å². The van der Waals surface area contributed by atoms with Crippen LogP contribution >= 0.6 is 0 Å². The number of carboxylic acid groups (broad SMARTS) is 1. The fraction of sp³-hybridized carbons (Fsp3) is 0.333. The van der Waals surface area contributed by atoms with E-state index in [2.05, 4.69) is 0 Å². The van der Waals surface area contributed by atoms with Gasteiger partial charge in [-0.25, -0.2) is 0 Å². The van der Waals surface area contributed by atoms with E-state index in [4.69, 9.17) is 15.1 Å². The van der Waals surface area contributed by atoms with Gasteiger partial charge in [0.25, 0.3) is 0 Å². The molecule has 0 fully saturated rings. The molecular formula is C12H13NO3. The summed E-state index contributed by atoms with van der Waals surface area (Å²) in [5.74, 6) is -0.308. The number of aliphatic carboxylic acids is 1. The number of ether oxygens (including phenoxy) is 1. The van der Waals surface area contributed by atoms with E-state index in [-0.39, 0.29) is 6.42 Å². The molecule has 0 heterocycles. The van der Waals surface area contributed by atoms with Crippen molar-refractivity contribution in [2.75, 3.05) is 7.11 Å². The van der Waals surface area contributed by atoms with Gasteiger partial charge in [0.05, 0.1) is 25.2 Å². The number of nitrogens with zero attached hydrogens (tertiary/aromatic N) is 1. The first-order chi connectivity index (χ1) is 7.63. The summed E-state index contributed by atoms with van der Waals surface area (Å²) in [5.41, 5.74) is 1.75. The van der Waals surface area contributed by atoms with Gasteiger partial charge in [0.2, 0.25) is 0 Å². The van der Waals surface area contributed by atoms with E-state index >= 15 is 0 Å². The smallest absolute Gasteiger partial charge is 0.307 e. The normalized spacial score (nSPS) is 9.56. The summed E-state index contributed by atoms with van der Waals surface area (Å²) in [5, 5.41) is 17.8. The summed E-state index contributed by atoms with van der Waals surface area (Å²) >= 11 is 0. The van der Waals surface area contributed by atoms with Crippen LogP contribution in [-0.4, -0.2) is 18.2 Å². The molecule has 0 bridgehead atoms. The lowest BCUT2D eigenvalue weighted by atomic mass is 9.96. The number of rotatable bonds is 4. The topological polar surface area (TPSA) is 70.3 Å². The lowest BCUT2D eigenvalue weighted by Gasteiger charge is -2.12. The van der Waals surface area contributed by atoms with Crippen molar-refractivity contribution in [3.8, 4) is 11.8 Å². The third-order valence-corrected chi connectivity index (χ3v) is 2.41. The van der Waals surface area contributed by atoms with E-state index in [9.17, 15) is 4.79 Å². The highest BCUT2D eigenvalue weighted by Crippen LogP contribution is 2.26. The van der Waals surface area contributed by atoms with Crippen LogP contribution in [0.5, 0.6) is 5.75 Å². The zero-order valence-electron chi connectivity index (χ0n) is 9.28. The van der Waals surface area contributed by atoms with E-state index in [1.165, 1.54) is 7.11 Å². The number of carboxylic acids is 1. The minimum absolute atomic E-state index is 0.150. The van der Waals surface area contributed by atoms with E-state index in [1.54, 1.807) is 12.1 Å². The van der Waals surface area contributed by atoms with E-state index in [0.717, 1.165) is 5.56 Å². The van der Waals surface area contributed by atoms with Crippen LogP contribution in [0.1, 0.15) is 23.6 Å². The van der Waals surface area contributed by atoms with Gasteiger partial charge in [-0.2, -0.15) is 5.26 Å². The second-order valence-corrected chi connectivity index (χ2v) is 3.31. The highest BCUT2D eigenvalue weighted by atomic mass is 16.5. The molecule has 0 radical (unpaired) electrons. The van der Waals surface area contributed by atoms with Crippen molar-refractivity contribution in [3.63, 3.8) is 0 Å². The third kappa shape index (κ3) is 2.31. The number of benzene rings is 1. The van der Waals surface area contributed by atoms with Gasteiger partial charge >= 0.3 is 5.97 Å². The van der Waals surface area contributed by atoms with E-state index in [1.807, 2.05) is 13.0 Å². The number of hydrogen-bond acceptors (Lipinski definition) is 3. The standard InChI is InChI=1S/C12H13NO3/c1-3-9-10(6-12(14)15)8(7-13)4-5-11(9)16-2/h4-5H,3,6H2,1-2H3,(H,14,15). The van der Waals surface area contributed by atoms with Crippen LogP contribution in [0.15, 0.2) is 12.1 Å². The molecule has 1 aromatic carbocycles. The Hall–Kier alpha value is -2.02. The van der Waals surface area contributed by atoms with Gasteiger partial charge in [-0.15, -0.1) is 0 Å². The molecule has 1 rings (SSSR count). The van der Waals surface area contributed by atoms with Crippen LogP contribution in [0.3, 0.4) is 0 Å². The number of methoxy groups -OCH3 is 1. The zero-order valence-corrected chi connectivity index (χ0v) is 9.28. The third-order valence-electron chi connectivity index (χ3n) is 2.41. The summed E-state index contributed by atoms with van der Waals surface area (Å²) < 4.78 is 5.16. The highest BCUT2D eigenvalue weighted by Gasteiger charge is 2.15. The number of nitriles is 1. The van der Waals surface area contributed by atoms with Crippen molar-refractivity contribution in [3.05, 3.63) is 28.8 Å². The Morgan fingerprint density at radius 3 is 2.62 bits per heavy atom. The molecule has 0 spiro atoms. The first-order valence-electron chi connectivity index (χ1n) is 4.94. The van der Waals surface area contributed by atoms with Crippen molar-refractivity contribution in [1.29, 1.82) is 5.26 Å². The monoisotopic (exact) mass is 219 g/mol. The zero-order chi connectivity index (χ0) is 12.1. The Labute approximate surface area is 94.1 Å². The quantitative estimate of drug-likeness (QED) is 0.837. The van der Waals surface area contributed by atoms with Crippen LogP contribution in [0, 0.1) is 11.3 Å². The van der Waals surface area contributed by atoms with Gasteiger partial charge in [-0.1, -0.05) is 6.92 Å². The molecule has 1 N–H and O–H groups in total. The van der Waals surface area contributed by atoms with Gasteiger partial charge in [0.1, 0.15) is 5.75 Å². The predicted molar refractivity (Wildman–Crippen MR) is 58.4 cm³/mol. The van der Waals surface area contributed by atoms with Gasteiger partial charge in [-0.05, 0) is 29.7 Å². The average Bonchev–Trinajstić information content (AvgIpc) is 2.27. The summed E-state index contributed by atoms with van der Waals surface area (Å²) in [7, 11) is 1.53. The summed E-state index contributed by atoms with van der Waals surface area (Å²) in [6.07, 6.45) is 0.491. The Morgan fingerprint density at radius 1 is 1.50 bits per heavy atom. The molecule has 16 heavy (non-hydrogen) atoms. The molecule has 84 valence electrons. The molecule has 1 aromatic rings. The molecule has 0 atom stereocenters. The van der Waals surface area contributed by atoms with Crippen LogP contribution in [0.25, 0.3) is 0 Å². The maximum absolute atomic E-state index is 10.8. The molecule has 0 unspecified atom stereocenters. The van der Waals surface area contributed by atoms with Gasteiger partial charge in [0, 0.05) is 0 Å². The second-order valence-electron chi connectivity index (χ2n) is 3.31. The van der Waals surface area contributed by atoms with Crippen molar-refractivity contribution < 1.29 is 14.6 Å².